The average molecular weight is 410 g/mol. The molecule has 4 aromatic rings. The van der Waals surface area contributed by atoms with Crippen molar-refractivity contribution in [1.29, 1.82) is 0 Å². The van der Waals surface area contributed by atoms with Crippen LogP contribution < -0.4 is 14.8 Å². The number of benzene rings is 3. The lowest BCUT2D eigenvalue weighted by Gasteiger charge is -2.13. The molecule has 1 heterocycles. The van der Waals surface area contributed by atoms with Gasteiger partial charge in [0.05, 0.1) is 0 Å². The first-order valence-corrected chi connectivity index (χ1v) is 9.91. The summed E-state index contributed by atoms with van der Waals surface area (Å²) in [5.41, 5.74) is 3.27. The number of pyridine rings is 1. The second-order valence-corrected chi connectivity index (χ2v) is 7.22. The molecule has 0 radical (unpaired) electrons. The molecule has 0 aliphatic rings. The molecule has 0 aliphatic heterocycles. The molecule has 4 rings (SSSR count). The Labute approximate surface area is 181 Å². The standard InChI is InChI=1S/C26H22N2O3/c1-18-5-3-7-22(13-18)30-24-15-21(28-26(29)20-9-11-27-12-10-20)16-25(17-24)31-23-8-4-6-19(2)14-23/h3-17H,1-2H3,(H,28,29). The first-order valence-electron chi connectivity index (χ1n) is 9.91. The van der Waals surface area contributed by atoms with E-state index in [9.17, 15) is 4.79 Å². The van der Waals surface area contributed by atoms with E-state index in [2.05, 4.69) is 10.3 Å². The zero-order chi connectivity index (χ0) is 21.6. The minimum Gasteiger partial charge on any atom is -0.457 e. The lowest BCUT2D eigenvalue weighted by Crippen LogP contribution is -2.11. The van der Waals surface area contributed by atoms with Crippen LogP contribution in [0.2, 0.25) is 0 Å². The summed E-state index contributed by atoms with van der Waals surface area (Å²) < 4.78 is 12.1. The highest BCUT2D eigenvalue weighted by Gasteiger charge is 2.10. The molecule has 1 aromatic heterocycles. The van der Waals surface area contributed by atoms with E-state index in [0.29, 0.717) is 34.2 Å². The highest BCUT2D eigenvalue weighted by atomic mass is 16.5. The van der Waals surface area contributed by atoms with Crippen molar-refractivity contribution in [2.45, 2.75) is 13.8 Å². The predicted octanol–water partition coefficient (Wildman–Crippen LogP) is 6.54. The van der Waals surface area contributed by atoms with E-state index in [1.807, 2.05) is 62.4 Å². The van der Waals surface area contributed by atoms with Crippen LogP contribution in [0.3, 0.4) is 0 Å². The summed E-state index contributed by atoms with van der Waals surface area (Å²) in [5, 5.41) is 2.91. The number of hydrogen-bond donors (Lipinski definition) is 1. The van der Waals surface area contributed by atoms with E-state index in [0.717, 1.165) is 11.1 Å². The van der Waals surface area contributed by atoms with Crippen LogP contribution in [0.15, 0.2) is 91.3 Å². The maximum atomic E-state index is 12.6. The van der Waals surface area contributed by atoms with E-state index in [1.165, 1.54) is 0 Å². The van der Waals surface area contributed by atoms with Gasteiger partial charge in [0.1, 0.15) is 23.0 Å². The van der Waals surface area contributed by atoms with Gasteiger partial charge in [-0.3, -0.25) is 9.78 Å². The Bertz CT molecular complexity index is 1140. The number of nitrogens with one attached hydrogen (secondary N) is 1. The lowest BCUT2D eigenvalue weighted by atomic mass is 10.2. The largest absolute Gasteiger partial charge is 0.457 e. The van der Waals surface area contributed by atoms with Crippen molar-refractivity contribution in [1.82, 2.24) is 4.98 Å². The van der Waals surface area contributed by atoms with Crippen LogP contribution in [-0.4, -0.2) is 10.9 Å². The molecular formula is C26H22N2O3. The Kier molecular flexibility index (Phi) is 5.94. The molecule has 5 nitrogen and oxygen atoms in total. The molecule has 1 amide bonds. The monoisotopic (exact) mass is 410 g/mol. The summed E-state index contributed by atoms with van der Waals surface area (Å²) in [7, 11) is 0. The number of ether oxygens (including phenoxy) is 2. The fraction of sp³-hybridized carbons (Fsp3) is 0.0769. The molecule has 0 atom stereocenters. The van der Waals surface area contributed by atoms with Gasteiger partial charge in [0.15, 0.2) is 0 Å². The quantitative estimate of drug-likeness (QED) is 0.392. The van der Waals surface area contributed by atoms with Gasteiger partial charge < -0.3 is 14.8 Å². The average Bonchev–Trinajstić information content (AvgIpc) is 2.74. The van der Waals surface area contributed by atoms with Crippen LogP contribution in [-0.2, 0) is 0 Å². The number of rotatable bonds is 6. The number of anilines is 1. The third-order valence-electron chi connectivity index (χ3n) is 4.53. The first-order chi connectivity index (χ1) is 15.0. The topological polar surface area (TPSA) is 60.5 Å². The van der Waals surface area contributed by atoms with E-state index in [1.54, 1.807) is 42.7 Å². The van der Waals surface area contributed by atoms with Crippen molar-refractivity contribution >= 4 is 11.6 Å². The molecule has 5 heteroatoms. The summed E-state index contributed by atoms with van der Waals surface area (Å²) >= 11 is 0. The number of hydrogen-bond acceptors (Lipinski definition) is 4. The lowest BCUT2D eigenvalue weighted by molar-refractivity contribution is 0.102. The number of amides is 1. The van der Waals surface area contributed by atoms with E-state index in [4.69, 9.17) is 9.47 Å². The Morgan fingerprint density at radius 3 is 1.77 bits per heavy atom. The van der Waals surface area contributed by atoms with Crippen molar-refractivity contribution in [3.05, 3.63) is 108 Å². The molecule has 0 saturated carbocycles. The normalized spacial score (nSPS) is 10.4. The molecule has 3 aromatic carbocycles. The van der Waals surface area contributed by atoms with Crippen LogP contribution in [0.5, 0.6) is 23.0 Å². The Morgan fingerprint density at radius 2 is 1.26 bits per heavy atom. The van der Waals surface area contributed by atoms with Gasteiger partial charge in [0.2, 0.25) is 0 Å². The third-order valence-corrected chi connectivity index (χ3v) is 4.53. The van der Waals surface area contributed by atoms with Crippen LogP contribution in [0.1, 0.15) is 21.5 Å². The number of aromatic nitrogens is 1. The Hall–Kier alpha value is -4.12. The molecule has 0 spiro atoms. The predicted molar refractivity (Wildman–Crippen MR) is 121 cm³/mol. The van der Waals surface area contributed by atoms with Crippen LogP contribution in [0, 0.1) is 13.8 Å². The van der Waals surface area contributed by atoms with Gasteiger partial charge in [-0.25, -0.2) is 0 Å². The number of aryl methyl sites for hydroxylation is 2. The summed E-state index contributed by atoms with van der Waals surface area (Å²) in [5.74, 6) is 2.29. The summed E-state index contributed by atoms with van der Waals surface area (Å²) in [6.45, 7) is 4.01. The van der Waals surface area contributed by atoms with Crippen molar-refractivity contribution < 1.29 is 14.3 Å². The summed E-state index contributed by atoms with van der Waals surface area (Å²) in [4.78, 5) is 16.6. The molecule has 0 bridgehead atoms. The minimum atomic E-state index is -0.239. The van der Waals surface area contributed by atoms with E-state index in [-0.39, 0.29) is 5.91 Å². The Balaban J connectivity index is 1.64. The van der Waals surface area contributed by atoms with E-state index >= 15 is 0 Å². The molecule has 0 fully saturated rings. The summed E-state index contributed by atoms with van der Waals surface area (Å²) in [6.07, 6.45) is 3.16. The maximum absolute atomic E-state index is 12.6. The van der Waals surface area contributed by atoms with Gasteiger partial charge in [-0.1, -0.05) is 24.3 Å². The SMILES string of the molecule is Cc1cccc(Oc2cc(NC(=O)c3ccncc3)cc(Oc3cccc(C)c3)c2)c1. The van der Waals surface area contributed by atoms with Crippen LogP contribution in [0.25, 0.3) is 0 Å². The van der Waals surface area contributed by atoms with Gasteiger partial charge in [-0.05, 0) is 61.4 Å². The van der Waals surface area contributed by atoms with Gasteiger partial charge in [0.25, 0.3) is 5.91 Å². The smallest absolute Gasteiger partial charge is 0.255 e. The fourth-order valence-electron chi connectivity index (χ4n) is 3.10. The van der Waals surface area contributed by atoms with Crippen LogP contribution >= 0.6 is 0 Å². The molecule has 1 N–H and O–H groups in total. The second kappa shape index (κ2) is 9.13. The van der Waals surface area contributed by atoms with Crippen molar-refractivity contribution in [3.8, 4) is 23.0 Å². The summed E-state index contributed by atoms with van der Waals surface area (Å²) in [6, 6.07) is 24.2. The minimum absolute atomic E-state index is 0.239. The first kappa shape index (κ1) is 20.2. The molecule has 0 aliphatic carbocycles. The number of carbonyl (C=O) groups excluding carboxylic acids is 1. The number of carbonyl (C=O) groups is 1. The van der Waals surface area contributed by atoms with E-state index < -0.39 is 0 Å². The molecular weight excluding hydrogens is 388 g/mol. The highest BCUT2D eigenvalue weighted by Crippen LogP contribution is 2.33. The molecule has 0 saturated heterocycles. The third kappa shape index (κ3) is 5.48. The second-order valence-electron chi connectivity index (χ2n) is 7.22. The zero-order valence-corrected chi connectivity index (χ0v) is 17.3. The fourth-order valence-corrected chi connectivity index (χ4v) is 3.10. The number of nitrogens with zero attached hydrogens (tertiary/aromatic N) is 1. The van der Waals surface area contributed by atoms with Crippen LogP contribution in [0.4, 0.5) is 5.69 Å². The Morgan fingerprint density at radius 1 is 0.710 bits per heavy atom. The highest BCUT2D eigenvalue weighted by molar-refractivity contribution is 6.04. The van der Waals surface area contributed by atoms with Crippen molar-refractivity contribution in [2.75, 3.05) is 5.32 Å². The van der Waals surface area contributed by atoms with Crippen molar-refractivity contribution in [3.63, 3.8) is 0 Å². The van der Waals surface area contributed by atoms with Gasteiger partial charge in [-0.2, -0.15) is 0 Å². The molecule has 31 heavy (non-hydrogen) atoms. The zero-order valence-electron chi connectivity index (χ0n) is 17.3. The van der Waals surface area contributed by atoms with Crippen molar-refractivity contribution in [2.24, 2.45) is 0 Å². The molecule has 154 valence electrons. The maximum Gasteiger partial charge on any atom is 0.255 e. The van der Waals surface area contributed by atoms with Gasteiger partial charge in [-0.15, -0.1) is 0 Å². The van der Waals surface area contributed by atoms with Gasteiger partial charge in [0, 0.05) is 41.8 Å². The van der Waals surface area contributed by atoms with Gasteiger partial charge >= 0.3 is 0 Å². The molecule has 0 unspecified atom stereocenters.